The van der Waals surface area contributed by atoms with Gasteiger partial charge in [0.05, 0.1) is 12.6 Å². The molecule has 0 aliphatic heterocycles. The SMILES string of the molecule is COCCN(Cc1ccncc1)C(=O)NC(c1ccccc1)c1ccccc1. The maximum absolute atomic E-state index is 13.2. The molecule has 0 fully saturated rings. The smallest absolute Gasteiger partial charge is 0.318 e. The van der Waals surface area contributed by atoms with Crippen molar-refractivity contribution in [2.75, 3.05) is 20.3 Å². The monoisotopic (exact) mass is 375 g/mol. The first-order chi connectivity index (χ1) is 13.8. The molecule has 5 nitrogen and oxygen atoms in total. The number of hydrogen-bond acceptors (Lipinski definition) is 3. The van der Waals surface area contributed by atoms with Crippen LogP contribution in [0.4, 0.5) is 4.79 Å². The van der Waals surface area contributed by atoms with E-state index in [0.29, 0.717) is 19.7 Å². The topological polar surface area (TPSA) is 54.5 Å². The van der Waals surface area contributed by atoms with Crippen molar-refractivity contribution in [2.24, 2.45) is 0 Å². The molecule has 0 aliphatic carbocycles. The summed E-state index contributed by atoms with van der Waals surface area (Å²) in [6.45, 7) is 1.47. The Kier molecular flexibility index (Phi) is 7.15. The summed E-state index contributed by atoms with van der Waals surface area (Å²) in [5.74, 6) is 0. The first-order valence-electron chi connectivity index (χ1n) is 9.31. The van der Waals surface area contributed by atoms with Gasteiger partial charge in [-0.25, -0.2) is 4.79 Å². The minimum absolute atomic E-state index is 0.133. The van der Waals surface area contributed by atoms with Gasteiger partial charge in [-0.05, 0) is 28.8 Å². The van der Waals surface area contributed by atoms with E-state index >= 15 is 0 Å². The molecule has 1 N–H and O–H groups in total. The third-order valence-electron chi connectivity index (χ3n) is 4.51. The van der Waals surface area contributed by atoms with Gasteiger partial charge in [0.2, 0.25) is 0 Å². The second kappa shape index (κ2) is 10.2. The van der Waals surface area contributed by atoms with E-state index in [1.807, 2.05) is 72.8 Å². The lowest BCUT2D eigenvalue weighted by Crippen LogP contribution is -2.43. The van der Waals surface area contributed by atoms with Crippen LogP contribution in [0.15, 0.2) is 85.2 Å². The summed E-state index contributed by atoms with van der Waals surface area (Å²) in [6, 6.07) is 23.5. The van der Waals surface area contributed by atoms with Crippen LogP contribution in [0, 0.1) is 0 Å². The molecule has 2 aromatic carbocycles. The molecule has 0 aliphatic rings. The summed E-state index contributed by atoms with van der Waals surface area (Å²) in [4.78, 5) is 19.0. The first kappa shape index (κ1) is 19.6. The van der Waals surface area contributed by atoms with Gasteiger partial charge >= 0.3 is 6.03 Å². The van der Waals surface area contributed by atoms with E-state index in [1.165, 1.54) is 0 Å². The highest BCUT2D eigenvalue weighted by Gasteiger charge is 2.21. The van der Waals surface area contributed by atoms with Crippen molar-refractivity contribution in [3.63, 3.8) is 0 Å². The van der Waals surface area contributed by atoms with E-state index in [1.54, 1.807) is 24.4 Å². The zero-order chi connectivity index (χ0) is 19.6. The molecule has 28 heavy (non-hydrogen) atoms. The zero-order valence-corrected chi connectivity index (χ0v) is 16.0. The number of rotatable bonds is 8. The molecular formula is C23H25N3O2. The molecule has 0 saturated carbocycles. The van der Waals surface area contributed by atoms with Crippen LogP contribution in [0.1, 0.15) is 22.7 Å². The summed E-state index contributed by atoms with van der Waals surface area (Å²) in [5, 5.41) is 3.19. The van der Waals surface area contributed by atoms with Gasteiger partial charge < -0.3 is 15.0 Å². The normalized spacial score (nSPS) is 10.6. The van der Waals surface area contributed by atoms with E-state index in [9.17, 15) is 4.79 Å². The Morgan fingerprint density at radius 3 is 2.07 bits per heavy atom. The average molecular weight is 375 g/mol. The van der Waals surface area contributed by atoms with Crippen molar-refractivity contribution in [1.29, 1.82) is 0 Å². The largest absolute Gasteiger partial charge is 0.383 e. The van der Waals surface area contributed by atoms with Crippen LogP contribution in [0.2, 0.25) is 0 Å². The number of nitrogens with zero attached hydrogens (tertiary/aromatic N) is 2. The number of aromatic nitrogens is 1. The van der Waals surface area contributed by atoms with Gasteiger partial charge in [-0.15, -0.1) is 0 Å². The summed E-state index contributed by atoms with van der Waals surface area (Å²) in [7, 11) is 1.64. The fraction of sp³-hybridized carbons (Fsp3) is 0.217. The number of benzene rings is 2. The summed E-state index contributed by atoms with van der Waals surface area (Å²) in [5.41, 5.74) is 3.10. The lowest BCUT2D eigenvalue weighted by Gasteiger charge is -2.27. The third-order valence-corrected chi connectivity index (χ3v) is 4.51. The highest BCUT2D eigenvalue weighted by atomic mass is 16.5. The Balaban J connectivity index is 1.81. The second-order valence-electron chi connectivity index (χ2n) is 6.47. The molecule has 3 rings (SSSR count). The molecule has 0 unspecified atom stereocenters. The minimum Gasteiger partial charge on any atom is -0.383 e. The molecule has 2 amide bonds. The minimum atomic E-state index is -0.225. The van der Waals surface area contributed by atoms with Gasteiger partial charge in [-0.2, -0.15) is 0 Å². The fourth-order valence-electron chi connectivity index (χ4n) is 3.03. The number of methoxy groups -OCH3 is 1. The number of carbonyl (C=O) groups excluding carboxylic acids is 1. The van der Waals surface area contributed by atoms with E-state index < -0.39 is 0 Å². The van der Waals surface area contributed by atoms with Crippen molar-refractivity contribution in [3.05, 3.63) is 102 Å². The van der Waals surface area contributed by atoms with Gasteiger partial charge in [0, 0.05) is 32.6 Å². The lowest BCUT2D eigenvalue weighted by atomic mass is 9.99. The highest BCUT2D eigenvalue weighted by Crippen LogP contribution is 2.22. The van der Waals surface area contributed by atoms with Crippen molar-refractivity contribution >= 4 is 6.03 Å². The number of ether oxygens (including phenoxy) is 1. The van der Waals surface area contributed by atoms with E-state index in [-0.39, 0.29) is 12.1 Å². The maximum Gasteiger partial charge on any atom is 0.318 e. The molecule has 0 atom stereocenters. The van der Waals surface area contributed by atoms with Gasteiger partial charge in [0.1, 0.15) is 0 Å². The van der Waals surface area contributed by atoms with Crippen LogP contribution in [0.3, 0.4) is 0 Å². The number of nitrogens with one attached hydrogen (secondary N) is 1. The Morgan fingerprint density at radius 1 is 0.964 bits per heavy atom. The van der Waals surface area contributed by atoms with Gasteiger partial charge in [-0.3, -0.25) is 4.98 Å². The zero-order valence-electron chi connectivity index (χ0n) is 16.0. The predicted octanol–water partition coefficient (Wildman–Crippen LogP) is 4.03. The van der Waals surface area contributed by atoms with E-state index in [2.05, 4.69) is 10.3 Å². The number of hydrogen-bond donors (Lipinski definition) is 1. The third kappa shape index (κ3) is 5.41. The Bertz CT molecular complexity index is 802. The number of pyridine rings is 1. The second-order valence-corrected chi connectivity index (χ2v) is 6.47. The molecule has 0 saturated heterocycles. The Labute approximate surface area is 166 Å². The van der Waals surface area contributed by atoms with Crippen molar-refractivity contribution < 1.29 is 9.53 Å². The summed E-state index contributed by atoms with van der Waals surface area (Å²) < 4.78 is 5.20. The standard InChI is InChI=1S/C23H25N3O2/c1-28-17-16-26(18-19-12-14-24-15-13-19)23(27)25-22(20-8-4-2-5-9-20)21-10-6-3-7-11-21/h2-15,22H,16-18H2,1H3,(H,25,27). The molecule has 0 bridgehead atoms. The predicted molar refractivity (Wildman–Crippen MR) is 110 cm³/mol. The molecule has 144 valence electrons. The van der Waals surface area contributed by atoms with Gasteiger partial charge in [0.15, 0.2) is 0 Å². The van der Waals surface area contributed by atoms with Crippen molar-refractivity contribution in [1.82, 2.24) is 15.2 Å². The molecule has 0 spiro atoms. The van der Waals surface area contributed by atoms with Crippen LogP contribution >= 0.6 is 0 Å². The van der Waals surface area contributed by atoms with Gasteiger partial charge in [0.25, 0.3) is 0 Å². The molecule has 3 aromatic rings. The maximum atomic E-state index is 13.2. The van der Waals surface area contributed by atoms with Crippen molar-refractivity contribution in [3.8, 4) is 0 Å². The first-order valence-corrected chi connectivity index (χ1v) is 9.31. The summed E-state index contributed by atoms with van der Waals surface area (Å²) in [6.07, 6.45) is 3.47. The molecule has 5 heteroatoms. The number of carbonyl (C=O) groups is 1. The van der Waals surface area contributed by atoms with E-state index in [0.717, 1.165) is 16.7 Å². The van der Waals surface area contributed by atoms with Crippen LogP contribution in [-0.2, 0) is 11.3 Å². The van der Waals surface area contributed by atoms with Gasteiger partial charge in [-0.1, -0.05) is 60.7 Å². The number of amides is 2. The fourth-order valence-corrected chi connectivity index (χ4v) is 3.03. The molecule has 1 aromatic heterocycles. The summed E-state index contributed by atoms with van der Waals surface area (Å²) >= 11 is 0. The average Bonchev–Trinajstić information content (AvgIpc) is 2.76. The van der Waals surface area contributed by atoms with Crippen LogP contribution in [0.5, 0.6) is 0 Å². The van der Waals surface area contributed by atoms with E-state index in [4.69, 9.17) is 4.74 Å². The molecular weight excluding hydrogens is 350 g/mol. The van der Waals surface area contributed by atoms with Crippen LogP contribution < -0.4 is 5.32 Å². The highest BCUT2D eigenvalue weighted by molar-refractivity contribution is 5.75. The van der Waals surface area contributed by atoms with Crippen LogP contribution in [0.25, 0.3) is 0 Å². The van der Waals surface area contributed by atoms with Crippen LogP contribution in [-0.4, -0.2) is 36.2 Å². The van der Waals surface area contributed by atoms with Crippen molar-refractivity contribution in [2.45, 2.75) is 12.6 Å². The number of urea groups is 1. The Morgan fingerprint density at radius 2 is 1.54 bits per heavy atom. The Hall–Kier alpha value is -3.18. The molecule has 0 radical (unpaired) electrons. The quantitative estimate of drug-likeness (QED) is 0.647. The lowest BCUT2D eigenvalue weighted by molar-refractivity contribution is 0.145. The molecule has 1 heterocycles.